The molecule has 0 aliphatic rings. The number of aromatic nitrogens is 6. The lowest BCUT2D eigenvalue weighted by atomic mass is 10.1. The monoisotopic (exact) mass is 303 g/mol. The fourth-order valence-electron chi connectivity index (χ4n) is 2.36. The minimum Gasteiger partial charge on any atom is -0.346 e. The van der Waals surface area contributed by atoms with Crippen LogP contribution in [0.15, 0.2) is 49.1 Å². The maximum Gasteiger partial charge on any atom is 0.230 e. The van der Waals surface area contributed by atoms with Gasteiger partial charge in [-0.05, 0) is 31.2 Å². The molecule has 112 valence electrons. The summed E-state index contributed by atoms with van der Waals surface area (Å²) >= 11 is 0. The fourth-order valence-corrected chi connectivity index (χ4v) is 2.36. The van der Waals surface area contributed by atoms with Gasteiger partial charge in [0.05, 0.1) is 5.69 Å². The van der Waals surface area contributed by atoms with Gasteiger partial charge in [-0.1, -0.05) is 0 Å². The van der Waals surface area contributed by atoms with E-state index in [-0.39, 0.29) is 0 Å². The van der Waals surface area contributed by atoms with Crippen molar-refractivity contribution >= 4 is 22.9 Å². The lowest BCUT2D eigenvalue weighted by Crippen LogP contribution is -2.02. The van der Waals surface area contributed by atoms with Crippen LogP contribution in [0, 0.1) is 6.92 Å². The molecule has 0 unspecified atom stereocenters. The largest absolute Gasteiger partial charge is 0.346 e. The lowest BCUT2D eigenvalue weighted by Gasteiger charge is -2.06. The predicted octanol–water partition coefficient (Wildman–Crippen LogP) is 2.86. The molecule has 0 aliphatic carbocycles. The highest BCUT2D eigenvalue weighted by Crippen LogP contribution is 2.25. The molecule has 0 amide bonds. The normalized spacial score (nSPS) is 10.8. The van der Waals surface area contributed by atoms with Gasteiger partial charge < -0.3 is 4.98 Å². The zero-order chi connectivity index (χ0) is 15.6. The van der Waals surface area contributed by atoms with Gasteiger partial charge >= 0.3 is 0 Å². The van der Waals surface area contributed by atoms with E-state index in [9.17, 15) is 0 Å². The first-order chi connectivity index (χ1) is 11.3. The Balaban J connectivity index is 1.73. The molecule has 23 heavy (non-hydrogen) atoms. The molecule has 0 spiro atoms. The number of hydrogen-bond donors (Lipinski definition) is 2. The van der Waals surface area contributed by atoms with E-state index in [4.69, 9.17) is 0 Å². The quantitative estimate of drug-likeness (QED) is 0.604. The van der Waals surface area contributed by atoms with Crippen LogP contribution in [0.25, 0.3) is 22.3 Å². The topological polar surface area (TPSA) is 92.3 Å². The van der Waals surface area contributed by atoms with E-state index in [1.807, 2.05) is 37.4 Å². The van der Waals surface area contributed by atoms with Crippen molar-refractivity contribution in [2.24, 2.45) is 0 Å². The highest BCUT2D eigenvalue weighted by molar-refractivity contribution is 5.91. The molecule has 0 saturated carbocycles. The zero-order valence-corrected chi connectivity index (χ0v) is 12.4. The summed E-state index contributed by atoms with van der Waals surface area (Å²) in [6.07, 6.45) is 7.02. The van der Waals surface area contributed by atoms with Crippen molar-refractivity contribution in [2.45, 2.75) is 6.92 Å². The second-order valence-corrected chi connectivity index (χ2v) is 5.01. The maximum absolute atomic E-state index is 4.55. The maximum atomic E-state index is 4.55. The van der Waals surface area contributed by atoms with Gasteiger partial charge in [0, 0.05) is 41.4 Å². The molecule has 0 atom stereocenters. The summed E-state index contributed by atoms with van der Waals surface area (Å²) in [5.41, 5.74) is 3.51. The molecule has 0 aliphatic heterocycles. The molecule has 4 rings (SSSR count). The smallest absolute Gasteiger partial charge is 0.230 e. The second kappa shape index (κ2) is 5.45. The molecule has 7 heteroatoms. The zero-order valence-electron chi connectivity index (χ0n) is 12.4. The number of aryl methyl sites for hydroxylation is 1. The Hall–Kier alpha value is -3.35. The van der Waals surface area contributed by atoms with Crippen LogP contribution in [0.4, 0.5) is 11.9 Å². The molecule has 0 fully saturated rings. The molecular weight excluding hydrogens is 290 g/mol. The van der Waals surface area contributed by atoms with Crippen molar-refractivity contribution in [3.8, 4) is 11.3 Å². The van der Waals surface area contributed by atoms with Crippen molar-refractivity contribution in [1.82, 2.24) is 29.9 Å². The minimum atomic E-state index is 0.452. The summed E-state index contributed by atoms with van der Waals surface area (Å²) in [6.45, 7) is 1.91. The first-order valence-corrected chi connectivity index (χ1v) is 7.12. The van der Waals surface area contributed by atoms with Gasteiger partial charge in [0.2, 0.25) is 11.9 Å². The average Bonchev–Trinajstić information content (AvgIpc) is 3.03. The molecule has 0 bridgehead atoms. The number of anilines is 2. The van der Waals surface area contributed by atoms with E-state index in [2.05, 4.69) is 35.2 Å². The third kappa shape index (κ3) is 2.59. The highest BCUT2D eigenvalue weighted by Gasteiger charge is 2.08. The van der Waals surface area contributed by atoms with E-state index in [1.165, 1.54) is 0 Å². The van der Waals surface area contributed by atoms with Crippen LogP contribution in [0.3, 0.4) is 0 Å². The Bertz CT molecular complexity index is 977. The number of aromatic amines is 1. The lowest BCUT2D eigenvalue weighted by molar-refractivity contribution is 1.07. The van der Waals surface area contributed by atoms with Gasteiger partial charge in [0.15, 0.2) is 0 Å². The average molecular weight is 303 g/mol. The minimum absolute atomic E-state index is 0.452. The second-order valence-electron chi connectivity index (χ2n) is 5.01. The van der Waals surface area contributed by atoms with Crippen molar-refractivity contribution < 1.29 is 0 Å². The first-order valence-electron chi connectivity index (χ1n) is 7.12. The van der Waals surface area contributed by atoms with Crippen LogP contribution in [-0.4, -0.2) is 29.9 Å². The SMILES string of the molecule is Cc1ccnc(Nc2nccc(-c3ccnc4[nH]ccc34)n2)n1. The molecule has 4 aromatic rings. The van der Waals surface area contributed by atoms with Gasteiger partial charge in [-0.15, -0.1) is 0 Å². The Labute approximate surface area is 131 Å². The summed E-state index contributed by atoms with van der Waals surface area (Å²) in [6, 6.07) is 7.62. The molecular formula is C16H13N7. The van der Waals surface area contributed by atoms with E-state index in [0.717, 1.165) is 28.0 Å². The number of fused-ring (bicyclic) bond motifs is 1. The van der Waals surface area contributed by atoms with Gasteiger partial charge in [0.1, 0.15) is 5.65 Å². The Morgan fingerprint density at radius 3 is 2.52 bits per heavy atom. The Morgan fingerprint density at radius 1 is 0.870 bits per heavy atom. The van der Waals surface area contributed by atoms with Gasteiger partial charge in [0.25, 0.3) is 0 Å². The van der Waals surface area contributed by atoms with E-state index in [0.29, 0.717) is 11.9 Å². The summed E-state index contributed by atoms with van der Waals surface area (Å²) in [7, 11) is 0. The fraction of sp³-hybridized carbons (Fsp3) is 0.0625. The first kappa shape index (κ1) is 13.3. The third-order valence-corrected chi connectivity index (χ3v) is 3.41. The summed E-state index contributed by atoms with van der Waals surface area (Å²) in [4.78, 5) is 24.6. The summed E-state index contributed by atoms with van der Waals surface area (Å²) in [5, 5.41) is 4.05. The molecule has 0 saturated heterocycles. The van der Waals surface area contributed by atoms with E-state index >= 15 is 0 Å². The number of nitrogens with one attached hydrogen (secondary N) is 2. The molecule has 2 N–H and O–H groups in total. The van der Waals surface area contributed by atoms with Crippen molar-refractivity contribution in [3.05, 3.63) is 54.7 Å². The van der Waals surface area contributed by atoms with Gasteiger partial charge in [-0.2, -0.15) is 0 Å². The number of nitrogens with zero attached hydrogens (tertiary/aromatic N) is 5. The number of rotatable bonds is 3. The van der Waals surface area contributed by atoms with Crippen LogP contribution in [0.5, 0.6) is 0 Å². The van der Waals surface area contributed by atoms with Crippen LogP contribution < -0.4 is 5.32 Å². The standard InChI is InChI=1S/C16H13N7/c1-10-2-6-19-15(21-10)23-16-20-9-5-13(22-16)11-3-7-17-14-12(11)4-8-18-14/h2-9H,1H3,(H,17,18)(H,19,20,21,22,23). The summed E-state index contributed by atoms with van der Waals surface area (Å²) in [5.74, 6) is 0.928. The van der Waals surface area contributed by atoms with Crippen LogP contribution in [0.2, 0.25) is 0 Å². The van der Waals surface area contributed by atoms with Gasteiger partial charge in [-0.3, -0.25) is 5.32 Å². The molecule has 0 aromatic carbocycles. The van der Waals surface area contributed by atoms with Crippen molar-refractivity contribution in [1.29, 1.82) is 0 Å². The Morgan fingerprint density at radius 2 is 1.65 bits per heavy atom. The van der Waals surface area contributed by atoms with Gasteiger partial charge in [-0.25, -0.2) is 24.9 Å². The number of H-pyrrole nitrogens is 1. The predicted molar refractivity (Wildman–Crippen MR) is 87.2 cm³/mol. The third-order valence-electron chi connectivity index (χ3n) is 3.41. The number of hydrogen-bond acceptors (Lipinski definition) is 6. The van der Waals surface area contributed by atoms with Crippen LogP contribution in [-0.2, 0) is 0 Å². The van der Waals surface area contributed by atoms with Crippen LogP contribution >= 0.6 is 0 Å². The van der Waals surface area contributed by atoms with Crippen LogP contribution in [0.1, 0.15) is 5.69 Å². The Kier molecular flexibility index (Phi) is 3.16. The van der Waals surface area contributed by atoms with Crippen molar-refractivity contribution in [3.63, 3.8) is 0 Å². The number of pyridine rings is 1. The molecule has 4 heterocycles. The molecule has 7 nitrogen and oxygen atoms in total. The summed E-state index contributed by atoms with van der Waals surface area (Å²) < 4.78 is 0. The highest BCUT2D eigenvalue weighted by atomic mass is 15.2. The van der Waals surface area contributed by atoms with E-state index < -0.39 is 0 Å². The molecule has 4 aromatic heterocycles. The molecule has 0 radical (unpaired) electrons. The van der Waals surface area contributed by atoms with Crippen molar-refractivity contribution in [2.75, 3.05) is 5.32 Å². The van der Waals surface area contributed by atoms with E-state index in [1.54, 1.807) is 18.6 Å².